The average Bonchev–Trinajstić information content (AvgIpc) is 3.38. The number of nitrogens with zero attached hydrogens (tertiary/aromatic N) is 2. The molecule has 3 amide bonds. The van der Waals surface area contributed by atoms with Crippen molar-refractivity contribution >= 4 is 40.9 Å². The second-order valence-corrected chi connectivity index (χ2v) is 8.82. The number of rotatable bonds is 9. The van der Waals surface area contributed by atoms with Gasteiger partial charge in [-0.05, 0) is 69.1 Å². The van der Waals surface area contributed by atoms with Gasteiger partial charge < -0.3 is 19.1 Å². The molecule has 2 heterocycles. The third-order valence-electron chi connectivity index (χ3n) is 4.90. The minimum atomic E-state index is -0.642. The summed E-state index contributed by atoms with van der Waals surface area (Å²) in [7, 11) is 0. The number of carbonyl (C=O) groups excluding carboxylic acids is 4. The monoisotopic (exact) mass is 476 g/mol. The highest BCUT2D eigenvalue weighted by Gasteiger charge is 2.36. The van der Waals surface area contributed by atoms with Gasteiger partial charge in [0.2, 0.25) is 0 Å². The van der Waals surface area contributed by atoms with Crippen LogP contribution in [0.25, 0.3) is 6.08 Å². The van der Waals surface area contributed by atoms with Crippen LogP contribution in [0.5, 0.6) is 11.5 Å². The van der Waals surface area contributed by atoms with Crippen molar-refractivity contribution in [2.75, 3.05) is 32.8 Å². The molecule has 33 heavy (non-hydrogen) atoms. The third-order valence-corrected chi connectivity index (χ3v) is 5.81. The van der Waals surface area contributed by atoms with Crippen molar-refractivity contribution in [1.29, 1.82) is 0 Å². The third kappa shape index (κ3) is 6.50. The minimum Gasteiger partial charge on any atom is -0.490 e. The molecule has 0 saturated carbocycles. The first-order valence-electron chi connectivity index (χ1n) is 10.9. The summed E-state index contributed by atoms with van der Waals surface area (Å²) in [6.07, 6.45) is 3.24. The molecule has 0 N–H and O–H groups in total. The number of benzene rings is 1. The number of ether oxygens (including phenoxy) is 3. The summed E-state index contributed by atoms with van der Waals surface area (Å²) in [5.74, 6) is -0.410. The summed E-state index contributed by atoms with van der Waals surface area (Å²) in [6, 6.07) is 5.05. The number of hydrogen-bond donors (Lipinski definition) is 0. The highest BCUT2D eigenvalue weighted by molar-refractivity contribution is 8.18. The molecule has 3 rings (SSSR count). The van der Waals surface area contributed by atoms with Crippen LogP contribution >= 0.6 is 11.8 Å². The van der Waals surface area contributed by atoms with E-state index in [1.165, 1.54) is 0 Å². The first kappa shape index (κ1) is 24.6. The number of hydrogen-bond acceptors (Lipinski definition) is 8. The molecule has 0 unspecified atom stereocenters. The molecule has 0 atom stereocenters. The van der Waals surface area contributed by atoms with Gasteiger partial charge in [-0.15, -0.1) is 0 Å². The first-order chi connectivity index (χ1) is 15.8. The van der Waals surface area contributed by atoms with E-state index in [1.807, 2.05) is 6.92 Å². The summed E-state index contributed by atoms with van der Waals surface area (Å²) in [5.41, 5.74) is 0.618. The molecule has 2 aliphatic heterocycles. The average molecular weight is 477 g/mol. The lowest BCUT2D eigenvalue weighted by Gasteiger charge is -2.17. The summed E-state index contributed by atoms with van der Waals surface area (Å²) >= 11 is 0.758. The van der Waals surface area contributed by atoms with Crippen LogP contribution in [0.4, 0.5) is 4.79 Å². The van der Waals surface area contributed by atoms with Gasteiger partial charge in [0.25, 0.3) is 17.1 Å². The SMILES string of the molecule is CCOc1cc(/C=C2\SC(=O)N(CC(=O)OC(C)C)C2=O)ccc1OCC(=O)N1CCCC1. The fraction of sp³-hybridized carbons (Fsp3) is 0.478. The van der Waals surface area contributed by atoms with Crippen LogP contribution in [0, 0.1) is 0 Å². The lowest BCUT2D eigenvalue weighted by molar-refractivity contribution is -0.149. The Kier molecular flexibility index (Phi) is 8.37. The summed E-state index contributed by atoms with van der Waals surface area (Å²) < 4.78 is 16.4. The van der Waals surface area contributed by atoms with E-state index in [4.69, 9.17) is 14.2 Å². The van der Waals surface area contributed by atoms with Gasteiger partial charge >= 0.3 is 5.97 Å². The Morgan fingerprint density at radius 2 is 1.85 bits per heavy atom. The van der Waals surface area contributed by atoms with Gasteiger partial charge in [-0.3, -0.25) is 24.1 Å². The van der Waals surface area contributed by atoms with Gasteiger partial charge in [0, 0.05) is 13.1 Å². The van der Waals surface area contributed by atoms with Crippen molar-refractivity contribution in [2.45, 2.75) is 39.7 Å². The van der Waals surface area contributed by atoms with Gasteiger partial charge in [-0.2, -0.15) is 0 Å². The van der Waals surface area contributed by atoms with Crippen molar-refractivity contribution in [3.63, 3.8) is 0 Å². The van der Waals surface area contributed by atoms with Crippen LogP contribution in [0.15, 0.2) is 23.1 Å². The molecule has 9 nitrogen and oxygen atoms in total. The topological polar surface area (TPSA) is 102 Å². The molecule has 0 aliphatic carbocycles. The van der Waals surface area contributed by atoms with E-state index in [1.54, 1.807) is 43.0 Å². The molecule has 0 bridgehead atoms. The van der Waals surface area contributed by atoms with Crippen LogP contribution in [0.3, 0.4) is 0 Å². The maximum absolute atomic E-state index is 12.6. The Bertz CT molecular complexity index is 954. The van der Waals surface area contributed by atoms with E-state index in [-0.39, 0.29) is 23.5 Å². The number of amides is 3. The van der Waals surface area contributed by atoms with Gasteiger partial charge in [-0.25, -0.2) is 0 Å². The van der Waals surface area contributed by atoms with E-state index in [2.05, 4.69) is 0 Å². The first-order valence-corrected chi connectivity index (χ1v) is 11.7. The Labute approximate surface area is 197 Å². The Morgan fingerprint density at radius 3 is 2.52 bits per heavy atom. The predicted octanol–water partition coefficient (Wildman–Crippen LogP) is 3.07. The number of imide groups is 1. The second-order valence-electron chi connectivity index (χ2n) is 7.82. The molecule has 1 aromatic carbocycles. The van der Waals surface area contributed by atoms with Crippen LogP contribution in [0.1, 0.15) is 39.2 Å². The molecule has 2 saturated heterocycles. The Morgan fingerprint density at radius 1 is 1.12 bits per heavy atom. The van der Waals surface area contributed by atoms with E-state index in [9.17, 15) is 19.2 Å². The zero-order valence-electron chi connectivity index (χ0n) is 19.0. The Hall–Kier alpha value is -3.01. The van der Waals surface area contributed by atoms with Crippen molar-refractivity contribution in [1.82, 2.24) is 9.80 Å². The van der Waals surface area contributed by atoms with Crippen LogP contribution in [-0.2, 0) is 19.1 Å². The molecule has 0 radical (unpaired) electrons. The fourth-order valence-corrected chi connectivity index (χ4v) is 4.25. The second kappa shape index (κ2) is 11.2. The fourth-order valence-electron chi connectivity index (χ4n) is 3.42. The largest absolute Gasteiger partial charge is 0.490 e. The predicted molar refractivity (Wildman–Crippen MR) is 123 cm³/mol. The van der Waals surface area contributed by atoms with Gasteiger partial charge in [0.1, 0.15) is 6.54 Å². The highest BCUT2D eigenvalue weighted by atomic mass is 32.2. The van der Waals surface area contributed by atoms with Crippen LogP contribution in [0.2, 0.25) is 0 Å². The van der Waals surface area contributed by atoms with Gasteiger partial charge in [0.05, 0.1) is 17.6 Å². The molecule has 10 heteroatoms. The summed E-state index contributed by atoms with van der Waals surface area (Å²) in [6.45, 7) is 6.59. The maximum atomic E-state index is 12.6. The number of thioether (sulfide) groups is 1. The van der Waals surface area contributed by atoms with Crippen molar-refractivity contribution in [3.8, 4) is 11.5 Å². The Balaban J connectivity index is 1.70. The zero-order chi connectivity index (χ0) is 24.0. The lowest BCUT2D eigenvalue weighted by atomic mass is 10.2. The van der Waals surface area contributed by atoms with Crippen LogP contribution in [-0.4, -0.2) is 71.8 Å². The molecule has 0 spiro atoms. The van der Waals surface area contributed by atoms with Crippen LogP contribution < -0.4 is 9.47 Å². The molecule has 0 aromatic heterocycles. The zero-order valence-corrected chi connectivity index (χ0v) is 19.8. The molecule has 178 valence electrons. The number of likely N-dealkylation sites (tertiary alicyclic amines) is 1. The molecule has 1 aromatic rings. The summed E-state index contributed by atoms with van der Waals surface area (Å²) in [5, 5.41) is -0.530. The molecule has 2 aliphatic rings. The van der Waals surface area contributed by atoms with E-state index in [0.717, 1.165) is 42.6 Å². The smallest absolute Gasteiger partial charge is 0.326 e. The highest BCUT2D eigenvalue weighted by Crippen LogP contribution is 2.34. The van der Waals surface area contributed by atoms with Gasteiger partial charge in [0.15, 0.2) is 18.1 Å². The molecular formula is C23H28N2O7S. The molecular weight excluding hydrogens is 448 g/mol. The number of esters is 1. The number of carbonyl (C=O) groups is 4. The van der Waals surface area contributed by atoms with E-state index < -0.39 is 23.7 Å². The summed E-state index contributed by atoms with van der Waals surface area (Å²) in [4.78, 5) is 51.8. The van der Waals surface area contributed by atoms with Crippen molar-refractivity contribution < 1.29 is 33.4 Å². The van der Waals surface area contributed by atoms with Crippen molar-refractivity contribution in [3.05, 3.63) is 28.7 Å². The standard InChI is InChI=1S/C23H28N2O7S/c1-4-30-18-11-16(7-8-17(18)31-14-20(26)24-9-5-6-10-24)12-19-22(28)25(23(29)33-19)13-21(27)32-15(2)3/h7-8,11-12,15H,4-6,9-10,13-14H2,1-3H3/b19-12-. The normalized spacial score (nSPS) is 17.3. The maximum Gasteiger partial charge on any atom is 0.326 e. The quantitative estimate of drug-likeness (QED) is 0.396. The van der Waals surface area contributed by atoms with E-state index >= 15 is 0 Å². The lowest BCUT2D eigenvalue weighted by Crippen LogP contribution is -2.35. The van der Waals surface area contributed by atoms with Crippen molar-refractivity contribution in [2.24, 2.45) is 0 Å². The van der Waals surface area contributed by atoms with Gasteiger partial charge in [-0.1, -0.05) is 6.07 Å². The van der Waals surface area contributed by atoms with E-state index in [0.29, 0.717) is 23.7 Å². The minimum absolute atomic E-state index is 0.0660. The molecule has 2 fully saturated rings.